The largest absolute Gasteiger partial charge is 0.328 e. The number of rotatable bonds is 4. The number of aryl methyl sites for hydroxylation is 1. The summed E-state index contributed by atoms with van der Waals surface area (Å²) in [7, 11) is 0. The summed E-state index contributed by atoms with van der Waals surface area (Å²) in [5, 5.41) is 2.81. The van der Waals surface area contributed by atoms with Crippen LogP contribution in [0.5, 0.6) is 0 Å². The molecule has 1 aromatic carbocycles. The van der Waals surface area contributed by atoms with Crippen molar-refractivity contribution in [3.63, 3.8) is 0 Å². The lowest BCUT2D eigenvalue weighted by molar-refractivity contribution is 0.738. The predicted octanol–water partition coefficient (Wildman–Crippen LogP) is 4.15. The zero-order chi connectivity index (χ0) is 13.1. The van der Waals surface area contributed by atoms with E-state index in [-0.39, 0.29) is 6.04 Å². The Morgan fingerprint density at radius 3 is 2.83 bits per heavy atom. The number of nitrogens with zero attached hydrogens (tertiary/aromatic N) is 1. The fraction of sp³-hybridized carbons (Fsp3) is 0.308. The monoisotopic (exact) mass is 298 g/mol. The first-order chi connectivity index (χ1) is 8.54. The first-order valence-electron chi connectivity index (χ1n) is 5.68. The van der Waals surface area contributed by atoms with Crippen molar-refractivity contribution in [3.05, 3.63) is 39.9 Å². The molecule has 0 saturated carbocycles. The standard InChI is InChI=1S/C13H15ClN2S2/c1-8(15)5-10-3-4-12(11(14)6-10)18-13-16-9(2)7-17-13/h3-4,6-8H,5,15H2,1-2H3. The Bertz CT molecular complexity index is 538. The molecule has 0 aliphatic carbocycles. The third-order valence-corrected chi connectivity index (χ3v) is 4.91. The van der Waals surface area contributed by atoms with E-state index in [9.17, 15) is 0 Å². The summed E-state index contributed by atoms with van der Waals surface area (Å²) >= 11 is 9.53. The van der Waals surface area contributed by atoms with Crippen molar-refractivity contribution in [2.45, 2.75) is 35.5 Å². The maximum absolute atomic E-state index is 6.28. The second-order valence-corrected chi connectivity index (χ2v) is 6.86. The van der Waals surface area contributed by atoms with Crippen LogP contribution in [0.2, 0.25) is 5.02 Å². The predicted molar refractivity (Wildman–Crippen MR) is 79.8 cm³/mol. The molecule has 0 saturated heterocycles. The molecule has 1 unspecified atom stereocenters. The second-order valence-electron chi connectivity index (χ2n) is 4.30. The zero-order valence-electron chi connectivity index (χ0n) is 10.3. The van der Waals surface area contributed by atoms with Crippen LogP contribution in [0.25, 0.3) is 0 Å². The summed E-state index contributed by atoms with van der Waals surface area (Å²) in [6.45, 7) is 3.99. The number of benzene rings is 1. The van der Waals surface area contributed by atoms with Gasteiger partial charge in [-0.1, -0.05) is 29.4 Å². The molecule has 2 rings (SSSR count). The molecule has 0 aliphatic rings. The average Bonchev–Trinajstić information content (AvgIpc) is 2.67. The molecule has 2 nitrogen and oxygen atoms in total. The van der Waals surface area contributed by atoms with E-state index in [0.717, 1.165) is 26.4 Å². The Kier molecular flexibility index (Phi) is 4.67. The number of thiazole rings is 1. The third kappa shape index (κ3) is 3.72. The summed E-state index contributed by atoms with van der Waals surface area (Å²) in [6.07, 6.45) is 0.848. The summed E-state index contributed by atoms with van der Waals surface area (Å²) in [5.41, 5.74) is 8.01. The third-order valence-electron chi connectivity index (χ3n) is 2.35. The van der Waals surface area contributed by atoms with E-state index in [2.05, 4.69) is 11.1 Å². The topological polar surface area (TPSA) is 38.9 Å². The van der Waals surface area contributed by atoms with Gasteiger partial charge >= 0.3 is 0 Å². The number of nitrogens with two attached hydrogens (primary N) is 1. The van der Waals surface area contributed by atoms with E-state index in [1.165, 1.54) is 5.56 Å². The van der Waals surface area contributed by atoms with Gasteiger partial charge in [0, 0.05) is 22.0 Å². The van der Waals surface area contributed by atoms with E-state index in [1.54, 1.807) is 23.1 Å². The van der Waals surface area contributed by atoms with Crippen LogP contribution in [-0.2, 0) is 6.42 Å². The molecule has 0 amide bonds. The van der Waals surface area contributed by atoms with Crippen molar-refractivity contribution >= 4 is 34.7 Å². The quantitative estimate of drug-likeness (QED) is 0.922. The Morgan fingerprint density at radius 2 is 2.28 bits per heavy atom. The zero-order valence-corrected chi connectivity index (χ0v) is 12.7. The van der Waals surface area contributed by atoms with Crippen LogP contribution in [-0.4, -0.2) is 11.0 Å². The molecule has 2 N–H and O–H groups in total. The number of hydrogen-bond acceptors (Lipinski definition) is 4. The van der Waals surface area contributed by atoms with Crippen molar-refractivity contribution in [2.24, 2.45) is 5.73 Å². The molecule has 0 aliphatic heterocycles. The van der Waals surface area contributed by atoms with E-state index < -0.39 is 0 Å². The van der Waals surface area contributed by atoms with Crippen molar-refractivity contribution in [2.75, 3.05) is 0 Å². The van der Waals surface area contributed by atoms with Crippen molar-refractivity contribution in [1.29, 1.82) is 0 Å². The van der Waals surface area contributed by atoms with Gasteiger partial charge in [-0.05, 0) is 38.0 Å². The van der Waals surface area contributed by atoms with Gasteiger partial charge in [0.25, 0.3) is 0 Å². The molecule has 0 spiro atoms. The highest BCUT2D eigenvalue weighted by atomic mass is 35.5. The number of hydrogen-bond donors (Lipinski definition) is 1. The molecule has 18 heavy (non-hydrogen) atoms. The maximum atomic E-state index is 6.28. The molecule has 1 atom stereocenters. The van der Waals surface area contributed by atoms with Gasteiger partial charge in [0.05, 0.1) is 5.02 Å². The lowest BCUT2D eigenvalue weighted by atomic mass is 10.1. The van der Waals surface area contributed by atoms with Gasteiger partial charge in [-0.3, -0.25) is 0 Å². The highest BCUT2D eigenvalue weighted by Crippen LogP contribution is 2.35. The Morgan fingerprint density at radius 1 is 1.50 bits per heavy atom. The lowest BCUT2D eigenvalue weighted by Gasteiger charge is -2.07. The summed E-state index contributed by atoms with van der Waals surface area (Å²) in [6, 6.07) is 6.27. The highest BCUT2D eigenvalue weighted by molar-refractivity contribution is 8.01. The van der Waals surface area contributed by atoms with Crippen molar-refractivity contribution < 1.29 is 0 Å². The molecule has 2 aromatic rings. The van der Waals surface area contributed by atoms with Gasteiger partial charge in [-0.25, -0.2) is 4.98 Å². The van der Waals surface area contributed by atoms with Crippen molar-refractivity contribution in [1.82, 2.24) is 4.98 Å². The lowest BCUT2D eigenvalue weighted by Crippen LogP contribution is -2.17. The van der Waals surface area contributed by atoms with Crippen LogP contribution in [0.15, 0.2) is 32.8 Å². The summed E-state index contributed by atoms with van der Waals surface area (Å²) < 4.78 is 1.02. The van der Waals surface area contributed by atoms with Gasteiger partial charge in [-0.2, -0.15) is 0 Å². The Hall–Kier alpha value is -0.550. The molecule has 96 valence electrons. The molecule has 1 aromatic heterocycles. The second kappa shape index (κ2) is 6.06. The molecular weight excluding hydrogens is 284 g/mol. The van der Waals surface area contributed by atoms with E-state index >= 15 is 0 Å². The fourth-order valence-corrected chi connectivity index (χ4v) is 3.72. The van der Waals surface area contributed by atoms with Gasteiger partial charge in [-0.15, -0.1) is 11.3 Å². The number of halogens is 1. The number of aromatic nitrogens is 1. The molecule has 5 heteroatoms. The smallest absolute Gasteiger partial charge is 0.154 e. The molecule has 1 heterocycles. The molecule has 0 bridgehead atoms. The minimum Gasteiger partial charge on any atom is -0.328 e. The van der Waals surface area contributed by atoms with Gasteiger partial charge in [0.2, 0.25) is 0 Å². The van der Waals surface area contributed by atoms with Crippen LogP contribution >= 0.6 is 34.7 Å². The molecular formula is C13H15ClN2S2. The van der Waals surface area contributed by atoms with Gasteiger partial charge in [0.1, 0.15) is 0 Å². The molecule has 0 fully saturated rings. The minimum atomic E-state index is 0.154. The van der Waals surface area contributed by atoms with E-state index in [4.69, 9.17) is 17.3 Å². The first kappa shape index (κ1) is 13.9. The average molecular weight is 299 g/mol. The van der Waals surface area contributed by atoms with Gasteiger partial charge in [0.15, 0.2) is 4.34 Å². The molecule has 0 radical (unpaired) electrons. The van der Waals surface area contributed by atoms with E-state index in [0.29, 0.717) is 0 Å². The SMILES string of the molecule is Cc1csc(Sc2ccc(CC(C)N)cc2Cl)n1. The normalized spacial score (nSPS) is 12.7. The Labute approximate surface area is 121 Å². The summed E-state index contributed by atoms with van der Waals surface area (Å²) in [5.74, 6) is 0. The van der Waals surface area contributed by atoms with E-state index in [1.807, 2.05) is 31.4 Å². The van der Waals surface area contributed by atoms with Crippen LogP contribution < -0.4 is 5.73 Å². The van der Waals surface area contributed by atoms with Crippen LogP contribution in [0.1, 0.15) is 18.2 Å². The minimum absolute atomic E-state index is 0.154. The fourth-order valence-electron chi connectivity index (χ4n) is 1.60. The van der Waals surface area contributed by atoms with Crippen LogP contribution in [0, 0.1) is 6.92 Å². The van der Waals surface area contributed by atoms with Crippen molar-refractivity contribution in [3.8, 4) is 0 Å². The Balaban J connectivity index is 2.14. The highest BCUT2D eigenvalue weighted by Gasteiger charge is 2.07. The van der Waals surface area contributed by atoms with Crippen LogP contribution in [0.4, 0.5) is 0 Å². The van der Waals surface area contributed by atoms with Gasteiger partial charge < -0.3 is 5.73 Å². The first-order valence-corrected chi connectivity index (χ1v) is 7.76. The summed E-state index contributed by atoms with van der Waals surface area (Å²) in [4.78, 5) is 5.46. The maximum Gasteiger partial charge on any atom is 0.154 e. The van der Waals surface area contributed by atoms with Crippen LogP contribution in [0.3, 0.4) is 0 Å².